The molecule has 19 heavy (non-hydrogen) atoms. The number of rotatable bonds is 3. The molecule has 0 aliphatic carbocycles. The van der Waals surface area contributed by atoms with Crippen molar-refractivity contribution in [2.45, 2.75) is 13.3 Å². The molecule has 0 fully saturated rings. The zero-order chi connectivity index (χ0) is 13.4. The molecule has 2 aromatic heterocycles. The Bertz CT molecular complexity index is 731. The van der Waals surface area contributed by atoms with Crippen LogP contribution < -0.4 is 0 Å². The summed E-state index contributed by atoms with van der Waals surface area (Å²) in [7, 11) is 0. The molecule has 0 saturated carbocycles. The van der Waals surface area contributed by atoms with Crippen molar-refractivity contribution in [3.63, 3.8) is 0 Å². The lowest BCUT2D eigenvalue weighted by molar-refractivity contribution is 0.0991. The van der Waals surface area contributed by atoms with Gasteiger partial charge in [0.05, 0.1) is 12.1 Å². The van der Waals surface area contributed by atoms with Gasteiger partial charge < -0.3 is 0 Å². The summed E-state index contributed by atoms with van der Waals surface area (Å²) in [6.45, 7) is 1.67. The molecule has 3 aromatic rings. The lowest BCUT2D eigenvalue weighted by Gasteiger charge is -2.01. The summed E-state index contributed by atoms with van der Waals surface area (Å²) >= 11 is 1.52. The number of hydrogen-bond acceptors (Lipinski definition) is 3. The van der Waals surface area contributed by atoms with Gasteiger partial charge in [-0.25, -0.2) is 9.37 Å². The van der Waals surface area contributed by atoms with Crippen molar-refractivity contribution in [2.75, 3.05) is 0 Å². The monoisotopic (exact) mass is 274 g/mol. The van der Waals surface area contributed by atoms with E-state index in [1.165, 1.54) is 17.4 Å². The minimum absolute atomic E-state index is 0.121. The third kappa shape index (κ3) is 2.29. The lowest BCUT2D eigenvalue weighted by atomic mass is 10.1. The predicted octanol–water partition coefficient (Wildman–Crippen LogP) is 3.27. The van der Waals surface area contributed by atoms with Crippen molar-refractivity contribution >= 4 is 22.1 Å². The lowest BCUT2D eigenvalue weighted by Crippen LogP contribution is -2.04. The first-order valence-corrected chi connectivity index (χ1v) is 6.72. The van der Waals surface area contributed by atoms with Gasteiger partial charge in [0.2, 0.25) is 0 Å². The highest BCUT2D eigenvalue weighted by Crippen LogP contribution is 2.15. The number of nitrogens with zero attached hydrogens (tertiary/aromatic N) is 2. The number of aryl methyl sites for hydroxylation is 1. The van der Waals surface area contributed by atoms with Crippen LogP contribution in [0.5, 0.6) is 0 Å². The van der Waals surface area contributed by atoms with Crippen LogP contribution in [0, 0.1) is 12.7 Å². The number of thiazole rings is 1. The average molecular weight is 274 g/mol. The first-order valence-electron chi connectivity index (χ1n) is 5.84. The zero-order valence-electron chi connectivity index (χ0n) is 10.3. The van der Waals surface area contributed by atoms with E-state index in [4.69, 9.17) is 0 Å². The van der Waals surface area contributed by atoms with Crippen LogP contribution in [0.4, 0.5) is 4.39 Å². The number of ketones is 1. The van der Waals surface area contributed by atoms with Gasteiger partial charge in [0.1, 0.15) is 5.82 Å². The first kappa shape index (κ1) is 12.0. The van der Waals surface area contributed by atoms with Crippen LogP contribution in [0.1, 0.15) is 21.6 Å². The summed E-state index contributed by atoms with van der Waals surface area (Å²) in [4.78, 5) is 17.3. The Morgan fingerprint density at radius 3 is 3.05 bits per heavy atom. The van der Waals surface area contributed by atoms with Crippen LogP contribution in [-0.2, 0) is 6.42 Å². The second-order valence-corrected chi connectivity index (χ2v) is 5.26. The molecule has 0 saturated heterocycles. The van der Waals surface area contributed by atoms with Gasteiger partial charge in [0.15, 0.2) is 10.7 Å². The molecular formula is C14H11FN2OS. The van der Waals surface area contributed by atoms with Gasteiger partial charge in [-0.1, -0.05) is 12.1 Å². The van der Waals surface area contributed by atoms with E-state index in [9.17, 15) is 9.18 Å². The van der Waals surface area contributed by atoms with Crippen LogP contribution >= 0.6 is 11.3 Å². The van der Waals surface area contributed by atoms with Crippen LogP contribution in [0.2, 0.25) is 0 Å². The van der Waals surface area contributed by atoms with Crippen molar-refractivity contribution in [1.29, 1.82) is 0 Å². The minimum atomic E-state index is -0.350. The molecule has 0 aliphatic heterocycles. The van der Waals surface area contributed by atoms with E-state index in [2.05, 4.69) is 4.98 Å². The largest absolute Gasteiger partial charge is 0.297 e. The van der Waals surface area contributed by atoms with E-state index in [1.807, 2.05) is 22.2 Å². The molecule has 0 aliphatic rings. The molecular weight excluding hydrogens is 263 g/mol. The smallest absolute Gasteiger partial charge is 0.193 e. The van der Waals surface area contributed by atoms with Crippen molar-refractivity contribution in [2.24, 2.45) is 0 Å². The van der Waals surface area contributed by atoms with Gasteiger partial charge in [-0.15, -0.1) is 11.3 Å². The molecule has 0 N–H and O–H groups in total. The highest BCUT2D eigenvalue weighted by atomic mass is 32.1. The highest BCUT2D eigenvalue weighted by molar-refractivity contribution is 7.15. The third-order valence-electron chi connectivity index (χ3n) is 2.98. The first-order chi connectivity index (χ1) is 9.13. The van der Waals surface area contributed by atoms with Gasteiger partial charge in [-0.05, 0) is 18.6 Å². The number of carbonyl (C=O) groups is 1. The van der Waals surface area contributed by atoms with Gasteiger partial charge >= 0.3 is 0 Å². The Hall–Kier alpha value is -2.01. The number of carbonyl (C=O) groups excluding carboxylic acids is 1. The molecule has 0 amide bonds. The predicted molar refractivity (Wildman–Crippen MR) is 72.2 cm³/mol. The number of imidazole rings is 1. The fourth-order valence-electron chi connectivity index (χ4n) is 1.89. The van der Waals surface area contributed by atoms with Gasteiger partial charge in [-0.2, -0.15) is 0 Å². The molecule has 0 bridgehead atoms. The molecule has 3 nitrogen and oxygen atoms in total. The number of hydrogen-bond donors (Lipinski definition) is 0. The highest BCUT2D eigenvalue weighted by Gasteiger charge is 2.12. The number of aromatic nitrogens is 2. The Morgan fingerprint density at radius 1 is 1.47 bits per heavy atom. The Labute approximate surface area is 113 Å². The Balaban J connectivity index is 1.84. The molecule has 96 valence electrons. The van der Waals surface area contributed by atoms with E-state index in [-0.39, 0.29) is 18.0 Å². The average Bonchev–Trinajstić information content (AvgIpc) is 2.93. The van der Waals surface area contributed by atoms with Gasteiger partial charge in [-0.3, -0.25) is 9.20 Å². The molecule has 0 radical (unpaired) electrons. The maximum atomic E-state index is 13.4. The zero-order valence-corrected chi connectivity index (χ0v) is 11.1. The molecule has 0 atom stereocenters. The van der Waals surface area contributed by atoms with Gasteiger partial charge in [0, 0.05) is 23.3 Å². The van der Waals surface area contributed by atoms with E-state index in [1.54, 1.807) is 19.1 Å². The fraction of sp³-hybridized carbons (Fsp3) is 0.143. The Kier molecular flexibility index (Phi) is 2.91. The number of benzene rings is 1. The van der Waals surface area contributed by atoms with Crippen LogP contribution in [0.15, 0.2) is 36.0 Å². The molecule has 0 spiro atoms. The summed E-state index contributed by atoms with van der Waals surface area (Å²) in [5, 5.41) is 1.93. The molecule has 0 unspecified atom stereocenters. The van der Waals surface area contributed by atoms with Crippen LogP contribution in [0.25, 0.3) is 4.96 Å². The van der Waals surface area contributed by atoms with E-state index in [0.717, 1.165) is 4.96 Å². The quantitative estimate of drug-likeness (QED) is 0.687. The summed E-state index contributed by atoms with van der Waals surface area (Å²) in [5.41, 5.74) is 1.64. The van der Waals surface area contributed by atoms with Crippen molar-refractivity contribution < 1.29 is 9.18 Å². The Morgan fingerprint density at radius 2 is 2.32 bits per heavy atom. The minimum Gasteiger partial charge on any atom is -0.297 e. The van der Waals surface area contributed by atoms with Crippen molar-refractivity contribution in [1.82, 2.24) is 9.38 Å². The second kappa shape index (κ2) is 4.59. The van der Waals surface area contributed by atoms with Crippen LogP contribution in [-0.4, -0.2) is 15.2 Å². The summed E-state index contributed by atoms with van der Waals surface area (Å²) in [6, 6.07) is 4.56. The van der Waals surface area contributed by atoms with Crippen LogP contribution in [0.3, 0.4) is 0 Å². The SMILES string of the molecule is Cc1ccc(C(=O)Cc2cn3ccsc3n2)cc1F. The van der Waals surface area contributed by atoms with E-state index < -0.39 is 0 Å². The third-order valence-corrected chi connectivity index (χ3v) is 3.75. The summed E-state index contributed by atoms with van der Waals surface area (Å²) < 4.78 is 15.3. The standard InChI is InChI=1S/C14H11FN2OS/c1-9-2-3-10(6-12(9)15)13(18)7-11-8-17-4-5-19-14(17)16-11/h2-6,8H,7H2,1H3. The van der Waals surface area contributed by atoms with Crippen molar-refractivity contribution in [3.05, 3.63) is 58.6 Å². The maximum absolute atomic E-state index is 13.4. The molecule has 3 rings (SSSR count). The molecule has 1 aromatic carbocycles. The number of fused-ring (bicyclic) bond motifs is 1. The van der Waals surface area contributed by atoms with E-state index >= 15 is 0 Å². The normalized spacial score (nSPS) is 11.1. The maximum Gasteiger partial charge on any atom is 0.193 e. The summed E-state index contributed by atoms with van der Waals surface area (Å²) in [5.74, 6) is -0.471. The number of halogens is 1. The summed E-state index contributed by atoms with van der Waals surface area (Å²) in [6.07, 6.45) is 3.91. The van der Waals surface area contributed by atoms with Gasteiger partial charge in [0.25, 0.3) is 0 Å². The van der Waals surface area contributed by atoms with Crippen molar-refractivity contribution in [3.8, 4) is 0 Å². The second-order valence-electron chi connectivity index (χ2n) is 4.39. The molecule has 5 heteroatoms. The molecule has 2 heterocycles. The number of Topliss-reactive ketones (excluding diaryl/α,β-unsaturated/α-hetero) is 1. The fourth-order valence-corrected chi connectivity index (χ4v) is 2.61. The van der Waals surface area contributed by atoms with E-state index in [0.29, 0.717) is 16.8 Å². The topological polar surface area (TPSA) is 34.4 Å².